The zero-order valence-corrected chi connectivity index (χ0v) is 45.7. The Morgan fingerprint density at radius 3 is 0.889 bits per heavy atom. The maximum Gasteiger partial charge on any atom is 0.0543 e. The van der Waals surface area contributed by atoms with Crippen molar-refractivity contribution < 1.29 is 0 Å². The van der Waals surface area contributed by atoms with Crippen LogP contribution in [0.25, 0.3) is 149 Å². The Balaban J connectivity index is 0.934. The van der Waals surface area contributed by atoms with Gasteiger partial charge in [0.05, 0.1) is 44.5 Å². The van der Waals surface area contributed by atoms with Crippen LogP contribution >= 0.6 is 0 Å². The summed E-state index contributed by atoms with van der Waals surface area (Å²) in [5.41, 5.74) is 25.4. The monoisotopic (exact) mass is 1030 g/mol. The van der Waals surface area contributed by atoms with Crippen molar-refractivity contribution in [2.24, 2.45) is 0 Å². The van der Waals surface area contributed by atoms with Crippen molar-refractivity contribution >= 4 is 87.0 Å². The van der Waals surface area contributed by atoms with Crippen molar-refractivity contribution in [1.82, 2.24) is 13.7 Å². The van der Waals surface area contributed by atoms with Gasteiger partial charge in [0.2, 0.25) is 0 Å². The fraction of sp³-hybridized carbons (Fsp3) is 0.0513. The van der Waals surface area contributed by atoms with E-state index < -0.39 is 0 Å². The van der Waals surface area contributed by atoms with E-state index in [0.717, 1.165) is 16.7 Å². The predicted octanol–water partition coefficient (Wildman–Crippen LogP) is 21.2. The molecule has 382 valence electrons. The minimum absolute atomic E-state index is 1.11. The number of benzene rings is 13. The molecule has 0 unspecified atom stereocenters. The molecule has 0 saturated carbocycles. The molecule has 0 aliphatic rings. The third-order valence-electron chi connectivity index (χ3n) is 17.7. The fourth-order valence-corrected chi connectivity index (χ4v) is 13.6. The molecule has 0 aliphatic heterocycles. The molecule has 0 aliphatic carbocycles. The second-order valence-corrected chi connectivity index (χ2v) is 22.2. The molecule has 0 bridgehead atoms. The lowest BCUT2D eigenvalue weighted by molar-refractivity contribution is 1.16. The first-order valence-electron chi connectivity index (χ1n) is 28.2. The van der Waals surface area contributed by atoms with E-state index in [0.29, 0.717) is 0 Å². The van der Waals surface area contributed by atoms with Crippen molar-refractivity contribution in [2.45, 2.75) is 27.7 Å². The highest BCUT2D eigenvalue weighted by Gasteiger charge is 2.23. The zero-order chi connectivity index (χ0) is 54.0. The van der Waals surface area contributed by atoms with Crippen molar-refractivity contribution in [1.29, 1.82) is 0 Å². The molecule has 0 N–H and O–H groups in total. The largest absolute Gasteiger partial charge is 0.309 e. The van der Waals surface area contributed by atoms with Gasteiger partial charge in [-0.25, -0.2) is 0 Å². The number of aryl methyl sites for hydroxylation is 4. The van der Waals surface area contributed by atoms with Gasteiger partial charge in [0.15, 0.2) is 0 Å². The van der Waals surface area contributed by atoms with Crippen LogP contribution in [0.4, 0.5) is 0 Å². The smallest absolute Gasteiger partial charge is 0.0543 e. The molecule has 3 heteroatoms. The lowest BCUT2D eigenvalue weighted by Crippen LogP contribution is -1.99. The molecule has 16 rings (SSSR count). The first-order chi connectivity index (χ1) is 39.9. The molecular weight excluding hydrogens is 979 g/mol. The number of fused-ring (bicyclic) bond motifs is 11. The molecule has 3 aromatic heterocycles. The van der Waals surface area contributed by atoms with Crippen molar-refractivity contribution in [3.63, 3.8) is 0 Å². The Labute approximate surface area is 470 Å². The number of para-hydroxylation sites is 4. The second kappa shape index (κ2) is 18.2. The number of aromatic nitrogens is 3. The van der Waals surface area contributed by atoms with Crippen LogP contribution in [0.15, 0.2) is 261 Å². The molecule has 16 aromatic rings. The third kappa shape index (κ3) is 7.15. The molecule has 0 fully saturated rings. The molecule has 3 nitrogen and oxygen atoms in total. The first kappa shape index (κ1) is 46.8. The summed E-state index contributed by atoms with van der Waals surface area (Å²) >= 11 is 0. The minimum Gasteiger partial charge on any atom is -0.309 e. The Morgan fingerprint density at radius 2 is 0.506 bits per heavy atom. The molecule has 81 heavy (non-hydrogen) atoms. The van der Waals surface area contributed by atoms with Crippen LogP contribution < -0.4 is 0 Å². The molecule has 0 spiro atoms. The van der Waals surface area contributed by atoms with Crippen molar-refractivity contribution in [3.8, 4) is 61.6 Å². The van der Waals surface area contributed by atoms with Gasteiger partial charge in [-0.05, 0) is 190 Å². The molecule has 0 amide bonds. The van der Waals surface area contributed by atoms with E-state index in [1.54, 1.807) is 0 Å². The van der Waals surface area contributed by atoms with Crippen LogP contribution in [-0.4, -0.2) is 13.7 Å². The van der Waals surface area contributed by atoms with Gasteiger partial charge in [-0.3, -0.25) is 0 Å². The summed E-state index contributed by atoms with van der Waals surface area (Å²) in [5, 5.41) is 12.4. The number of rotatable bonds is 7. The van der Waals surface area contributed by atoms with Crippen LogP contribution in [0.2, 0.25) is 0 Å². The van der Waals surface area contributed by atoms with E-state index in [1.807, 2.05) is 0 Å². The highest BCUT2D eigenvalue weighted by atomic mass is 15.0. The Bertz CT molecular complexity index is 4870. The average molecular weight is 1030 g/mol. The SMILES string of the molecule is Cc1cc(-c2ccc3c(c2)c2cc(-c4cc(C)c(C)cc4-n4c5ccccc5c5ccccc54)ccc2n3-c2ccc(-c3c4ccccc4c(-c4ccccc4)c4ccccc34)cc2)c(-n2c3ccccc3c3ccccc32)cc1C. The van der Waals surface area contributed by atoms with Crippen LogP contribution in [-0.2, 0) is 0 Å². The molecule has 0 saturated heterocycles. The third-order valence-corrected chi connectivity index (χ3v) is 17.7. The highest BCUT2D eigenvalue weighted by Crippen LogP contribution is 2.46. The summed E-state index contributed by atoms with van der Waals surface area (Å²) in [5.74, 6) is 0. The van der Waals surface area contributed by atoms with Gasteiger partial charge in [-0.1, -0.05) is 176 Å². The average Bonchev–Trinajstić information content (AvgIpc) is 4.33. The topological polar surface area (TPSA) is 14.8 Å². The van der Waals surface area contributed by atoms with Gasteiger partial charge in [0.25, 0.3) is 0 Å². The summed E-state index contributed by atoms with van der Waals surface area (Å²) < 4.78 is 7.45. The summed E-state index contributed by atoms with van der Waals surface area (Å²) in [7, 11) is 0. The number of nitrogens with zero attached hydrogens (tertiary/aromatic N) is 3. The number of hydrogen-bond acceptors (Lipinski definition) is 0. The Morgan fingerprint density at radius 1 is 0.210 bits per heavy atom. The summed E-state index contributed by atoms with van der Waals surface area (Å²) in [6, 6.07) is 97.4. The molecule has 0 radical (unpaired) electrons. The summed E-state index contributed by atoms with van der Waals surface area (Å²) in [6.45, 7) is 8.98. The van der Waals surface area contributed by atoms with Gasteiger partial charge in [-0.15, -0.1) is 0 Å². The van der Waals surface area contributed by atoms with E-state index >= 15 is 0 Å². The van der Waals surface area contributed by atoms with E-state index in [-0.39, 0.29) is 0 Å². The quantitative estimate of drug-likeness (QED) is 0.141. The fourth-order valence-electron chi connectivity index (χ4n) is 13.6. The lowest BCUT2D eigenvalue weighted by atomic mass is 9.86. The summed E-state index contributed by atoms with van der Waals surface area (Å²) in [4.78, 5) is 0. The van der Waals surface area contributed by atoms with Crippen molar-refractivity contribution in [3.05, 3.63) is 283 Å². The zero-order valence-electron chi connectivity index (χ0n) is 45.7. The predicted molar refractivity (Wildman–Crippen MR) is 345 cm³/mol. The minimum atomic E-state index is 1.11. The van der Waals surface area contributed by atoms with Gasteiger partial charge in [-0.2, -0.15) is 0 Å². The van der Waals surface area contributed by atoms with E-state index in [1.165, 1.54) is 154 Å². The Hall–Kier alpha value is -10.2. The molecule has 13 aromatic carbocycles. The van der Waals surface area contributed by atoms with Gasteiger partial charge in [0, 0.05) is 49.1 Å². The second-order valence-electron chi connectivity index (χ2n) is 22.2. The first-order valence-corrected chi connectivity index (χ1v) is 28.2. The molecule has 3 heterocycles. The van der Waals surface area contributed by atoms with Crippen LogP contribution in [0.3, 0.4) is 0 Å². The van der Waals surface area contributed by atoms with Gasteiger partial charge >= 0.3 is 0 Å². The molecular formula is C78H55N3. The van der Waals surface area contributed by atoms with Crippen LogP contribution in [0.5, 0.6) is 0 Å². The van der Waals surface area contributed by atoms with Gasteiger partial charge in [0.1, 0.15) is 0 Å². The van der Waals surface area contributed by atoms with E-state index in [2.05, 4.69) is 302 Å². The van der Waals surface area contributed by atoms with E-state index in [4.69, 9.17) is 0 Å². The lowest BCUT2D eigenvalue weighted by Gasteiger charge is -2.18. The number of hydrogen-bond donors (Lipinski definition) is 0. The van der Waals surface area contributed by atoms with Crippen molar-refractivity contribution in [2.75, 3.05) is 0 Å². The van der Waals surface area contributed by atoms with E-state index in [9.17, 15) is 0 Å². The normalized spacial score (nSPS) is 12.0. The van der Waals surface area contributed by atoms with Crippen LogP contribution in [0, 0.1) is 27.7 Å². The van der Waals surface area contributed by atoms with Crippen LogP contribution in [0.1, 0.15) is 22.3 Å². The maximum absolute atomic E-state index is 2.49. The standard InChI is InChI=1S/C78H55N3/c1-48-42-65(75(44-50(48)3)80-69-30-16-12-22-57(69)58-23-13-17-31-70(58)80)54-36-40-73-67(46-54)68-47-55(66-43-49(2)51(4)45-76(66)81-71-32-18-14-24-59(71)60-25-15-19-33-72(60)81)37-41-74(68)79(73)56-38-34-53(35-39-56)78-63-28-10-8-26-61(63)77(52-20-6-5-7-21-52)62-27-9-11-29-64(62)78/h5-47H,1-4H3. The Kier molecular flexibility index (Phi) is 10.5. The summed E-state index contributed by atoms with van der Waals surface area (Å²) in [6.07, 6.45) is 0. The molecule has 0 atom stereocenters. The van der Waals surface area contributed by atoms with Gasteiger partial charge < -0.3 is 13.7 Å². The maximum atomic E-state index is 2.49. The highest BCUT2D eigenvalue weighted by molar-refractivity contribution is 6.22.